The van der Waals surface area contributed by atoms with Crippen LogP contribution in [0.1, 0.15) is 50.6 Å². The van der Waals surface area contributed by atoms with E-state index in [-0.39, 0.29) is 11.9 Å². The molecule has 4 rings (SSSR count). The molecule has 0 spiro atoms. The number of hydrogen-bond donors (Lipinski definition) is 1. The fourth-order valence-electron chi connectivity index (χ4n) is 3.89. The van der Waals surface area contributed by atoms with Crippen molar-refractivity contribution in [3.8, 4) is 5.75 Å². The maximum atomic E-state index is 13.1. The van der Waals surface area contributed by atoms with Gasteiger partial charge in [0, 0.05) is 5.70 Å². The zero-order valence-corrected chi connectivity index (χ0v) is 15.9. The Labute approximate surface area is 166 Å². The lowest BCUT2D eigenvalue weighted by atomic mass is 9.94. The molecule has 1 unspecified atom stereocenters. The van der Waals surface area contributed by atoms with Gasteiger partial charge in [-0.15, -0.1) is 10.1 Å². The van der Waals surface area contributed by atoms with Gasteiger partial charge in [0.15, 0.2) is 0 Å². The largest absolute Gasteiger partial charge is 0.459 e. The molecule has 0 amide bonds. The molecule has 29 heavy (non-hydrogen) atoms. The normalized spacial score (nSPS) is 19.3. The molecule has 1 atom stereocenters. The molecule has 10 nitrogen and oxygen atoms in total. The number of benzene rings is 1. The van der Waals surface area contributed by atoms with E-state index in [0.717, 1.165) is 32.1 Å². The van der Waals surface area contributed by atoms with Gasteiger partial charge in [-0.2, -0.15) is 10.1 Å². The number of carbonyl (C=O) groups excluding carboxylic acids is 1. The second-order valence-corrected chi connectivity index (χ2v) is 7.15. The van der Waals surface area contributed by atoms with Crippen LogP contribution >= 0.6 is 0 Å². The van der Waals surface area contributed by atoms with Crippen LogP contribution in [0.4, 0.5) is 5.95 Å². The van der Waals surface area contributed by atoms with Crippen molar-refractivity contribution in [3.63, 3.8) is 0 Å². The zero-order chi connectivity index (χ0) is 20.4. The quantitative estimate of drug-likeness (QED) is 0.463. The van der Waals surface area contributed by atoms with Gasteiger partial charge in [-0.05, 0) is 50.3 Å². The highest BCUT2D eigenvalue weighted by atomic mass is 17.0. The maximum Gasteiger partial charge on any atom is 0.338 e. The number of carbonyl (C=O) groups is 1. The second kappa shape index (κ2) is 7.90. The van der Waals surface area contributed by atoms with Crippen molar-refractivity contribution in [3.05, 3.63) is 57.5 Å². The van der Waals surface area contributed by atoms with Crippen LogP contribution in [0.15, 0.2) is 41.9 Å². The molecule has 10 heteroatoms. The van der Waals surface area contributed by atoms with E-state index < -0.39 is 17.1 Å². The Morgan fingerprint density at radius 1 is 1.31 bits per heavy atom. The van der Waals surface area contributed by atoms with E-state index in [1.165, 1.54) is 18.5 Å². The van der Waals surface area contributed by atoms with E-state index >= 15 is 0 Å². The first-order valence-electron chi connectivity index (χ1n) is 9.53. The van der Waals surface area contributed by atoms with Gasteiger partial charge in [0.1, 0.15) is 24.2 Å². The Morgan fingerprint density at radius 2 is 2.10 bits per heavy atom. The average Bonchev–Trinajstić information content (AvgIpc) is 3.15. The highest BCUT2D eigenvalue weighted by molar-refractivity contribution is 5.92. The number of nitrogens with zero attached hydrogens (tertiary/aromatic N) is 4. The average molecular weight is 399 g/mol. The summed E-state index contributed by atoms with van der Waals surface area (Å²) in [7, 11) is 0. The molecular weight excluding hydrogens is 378 g/mol. The molecule has 2 aromatic rings. The number of rotatable bonds is 5. The van der Waals surface area contributed by atoms with Crippen molar-refractivity contribution in [2.45, 2.75) is 51.2 Å². The van der Waals surface area contributed by atoms with Crippen molar-refractivity contribution in [2.24, 2.45) is 0 Å². The van der Waals surface area contributed by atoms with Gasteiger partial charge in [0.05, 0.1) is 5.57 Å². The Hall–Kier alpha value is -3.43. The Kier molecular flexibility index (Phi) is 5.15. The first-order valence-corrected chi connectivity index (χ1v) is 9.53. The summed E-state index contributed by atoms with van der Waals surface area (Å²) >= 11 is 0. The van der Waals surface area contributed by atoms with Gasteiger partial charge in [-0.1, -0.05) is 18.6 Å². The Bertz CT molecular complexity index is 963. The van der Waals surface area contributed by atoms with Crippen molar-refractivity contribution in [1.29, 1.82) is 0 Å². The number of esters is 1. The molecule has 1 aromatic carbocycles. The molecule has 0 bridgehead atoms. The fourth-order valence-corrected chi connectivity index (χ4v) is 3.89. The van der Waals surface area contributed by atoms with Crippen LogP contribution in [0.2, 0.25) is 0 Å². The summed E-state index contributed by atoms with van der Waals surface area (Å²) in [6.07, 6.45) is 6.25. The molecule has 2 heterocycles. The maximum absolute atomic E-state index is 13.1. The Morgan fingerprint density at radius 3 is 2.86 bits per heavy atom. The molecule has 152 valence electrons. The summed E-state index contributed by atoms with van der Waals surface area (Å²) in [5.41, 5.74) is 1.61. The zero-order valence-electron chi connectivity index (χ0n) is 15.9. The monoisotopic (exact) mass is 399 g/mol. The number of allylic oxidation sites excluding steroid dienone is 1. The fraction of sp³-hybridized carbons (Fsp3) is 0.421. The van der Waals surface area contributed by atoms with Gasteiger partial charge in [0.2, 0.25) is 5.95 Å². The highest BCUT2D eigenvalue weighted by Crippen LogP contribution is 2.37. The number of hydrogen-bond acceptors (Lipinski definition) is 8. The van der Waals surface area contributed by atoms with E-state index in [0.29, 0.717) is 22.8 Å². The summed E-state index contributed by atoms with van der Waals surface area (Å²) in [5, 5.41) is 17.2. The third-order valence-electron chi connectivity index (χ3n) is 5.19. The first-order chi connectivity index (χ1) is 14.0. The first kappa shape index (κ1) is 18.9. The van der Waals surface area contributed by atoms with Crippen LogP contribution in [0.5, 0.6) is 5.75 Å². The number of aromatic nitrogens is 3. The lowest BCUT2D eigenvalue weighted by molar-refractivity contribution is -0.711. The van der Waals surface area contributed by atoms with Gasteiger partial charge in [-0.3, -0.25) is 4.84 Å². The molecule has 0 saturated heterocycles. The van der Waals surface area contributed by atoms with Crippen molar-refractivity contribution >= 4 is 11.9 Å². The van der Waals surface area contributed by atoms with Gasteiger partial charge >= 0.3 is 5.97 Å². The predicted molar refractivity (Wildman–Crippen MR) is 102 cm³/mol. The van der Waals surface area contributed by atoms with Crippen molar-refractivity contribution in [1.82, 2.24) is 14.8 Å². The lowest BCUT2D eigenvalue weighted by Crippen LogP contribution is -2.32. The summed E-state index contributed by atoms with van der Waals surface area (Å²) in [4.78, 5) is 32.6. The van der Waals surface area contributed by atoms with Crippen LogP contribution < -0.4 is 10.2 Å². The number of anilines is 1. The highest BCUT2D eigenvalue weighted by Gasteiger charge is 2.35. The van der Waals surface area contributed by atoms with E-state index in [1.54, 1.807) is 23.7 Å². The molecule has 0 radical (unpaired) electrons. The SMILES string of the molecule is CC1=C(C(=O)OC2CCCCC2)C(c2cccc(O[N+](=O)[O-])c2)n2ncnc2N1. The van der Waals surface area contributed by atoms with E-state index in [9.17, 15) is 14.9 Å². The molecule has 1 aromatic heterocycles. The van der Waals surface area contributed by atoms with Crippen LogP contribution in [0.25, 0.3) is 0 Å². The van der Waals surface area contributed by atoms with Crippen LogP contribution in [0, 0.1) is 10.1 Å². The summed E-state index contributed by atoms with van der Waals surface area (Å²) < 4.78 is 7.37. The van der Waals surface area contributed by atoms with Gasteiger partial charge in [-0.25, -0.2) is 9.48 Å². The molecule has 1 saturated carbocycles. The second-order valence-electron chi connectivity index (χ2n) is 7.15. The molecule has 2 aliphatic rings. The third kappa shape index (κ3) is 3.91. The topological polar surface area (TPSA) is 121 Å². The summed E-state index contributed by atoms with van der Waals surface area (Å²) in [6, 6.07) is 5.75. The minimum Gasteiger partial charge on any atom is -0.459 e. The molecule has 1 fully saturated rings. The standard InChI is InChI=1S/C19H21N5O5/c1-12-16(18(25)28-14-7-3-2-4-8-14)17(23-19(22-12)20-11-21-23)13-6-5-9-15(10-13)29-24(26)27/h5-6,9-11,14,17H,2-4,7-8H2,1H3,(H,20,21,22). The van der Waals surface area contributed by atoms with E-state index in [2.05, 4.69) is 20.2 Å². The molecule has 1 aliphatic carbocycles. The van der Waals surface area contributed by atoms with Crippen LogP contribution in [-0.2, 0) is 9.53 Å². The predicted octanol–water partition coefficient (Wildman–Crippen LogP) is 3.01. The number of ether oxygens (including phenoxy) is 1. The smallest absolute Gasteiger partial charge is 0.338 e. The Balaban J connectivity index is 1.70. The van der Waals surface area contributed by atoms with E-state index in [4.69, 9.17) is 4.74 Å². The van der Waals surface area contributed by atoms with Crippen molar-refractivity contribution < 1.29 is 19.5 Å². The third-order valence-corrected chi connectivity index (χ3v) is 5.19. The minimum atomic E-state index is -0.873. The van der Waals surface area contributed by atoms with Gasteiger partial charge in [0.25, 0.3) is 5.09 Å². The van der Waals surface area contributed by atoms with Gasteiger partial charge < -0.3 is 10.1 Å². The van der Waals surface area contributed by atoms with Crippen LogP contribution in [0.3, 0.4) is 0 Å². The summed E-state index contributed by atoms with van der Waals surface area (Å²) in [5.74, 6) is 0.112. The van der Waals surface area contributed by atoms with E-state index in [1.807, 2.05) is 0 Å². The van der Waals surface area contributed by atoms with Crippen LogP contribution in [-0.4, -0.2) is 31.9 Å². The minimum absolute atomic E-state index is 0.0605. The molecule has 1 aliphatic heterocycles. The lowest BCUT2D eigenvalue weighted by Gasteiger charge is -2.30. The van der Waals surface area contributed by atoms with Crippen molar-refractivity contribution in [2.75, 3.05) is 5.32 Å². The number of fused-ring (bicyclic) bond motifs is 1. The number of nitrogens with one attached hydrogen (secondary N) is 1. The molecule has 1 N–H and O–H groups in total. The molecular formula is C19H21N5O5. The summed E-state index contributed by atoms with van der Waals surface area (Å²) in [6.45, 7) is 1.78.